The van der Waals surface area contributed by atoms with Crippen LogP contribution in [0.5, 0.6) is 5.75 Å². The van der Waals surface area contributed by atoms with E-state index in [9.17, 15) is 9.59 Å². The summed E-state index contributed by atoms with van der Waals surface area (Å²) < 4.78 is 10.1. The lowest BCUT2D eigenvalue weighted by molar-refractivity contribution is -0.140. The van der Waals surface area contributed by atoms with Crippen LogP contribution < -0.4 is 9.64 Å². The molecular formula is C13H15NO4. The maximum absolute atomic E-state index is 12.0. The van der Waals surface area contributed by atoms with Crippen molar-refractivity contribution in [1.82, 2.24) is 0 Å². The molecule has 0 radical (unpaired) electrons. The molecule has 18 heavy (non-hydrogen) atoms. The Balaban J connectivity index is 2.22. The molecule has 0 spiro atoms. The number of amides is 1. The van der Waals surface area contributed by atoms with Gasteiger partial charge in [0.1, 0.15) is 5.75 Å². The lowest BCUT2D eigenvalue weighted by atomic mass is 10.2. The minimum absolute atomic E-state index is 0.141. The van der Waals surface area contributed by atoms with E-state index in [0.29, 0.717) is 18.0 Å². The van der Waals surface area contributed by atoms with Crippen LogP contribution >= 0.6 is 0 Å². The molecular weight excluding hydrogens is 234 g/mol. The molecule has 0 N–H and O–H groups in total. The molecule has 1 atom stereocenters. The van der Waals surface area contributed by atoms with Crippen LogP contribution in [0, 0.1) is 0 Å². The third kappa shape index (κ3) is 2.30. The smallest absolute Gasteiger partial charge is 0.307 e. The van der Waals surface area contributed by atoms with Gasteiger partial charge in [0.25, 0.3) is 5.91 Å². The average molecular weight is 249 g/mol. The number of esters is 1. The van der Waals surface area contributed by atoms with E-state index < -0.39 is 6.10 Å². The highest BCUT2D eigenvalue weighted by Crippen LogP contribution is 2.33. The molecule has 1 aliphatic rings. The van der Waals surface area contributed by atoms with Crippen LogP contribution in [0.15, 0.2) is 24.3 Å². The third-order valence-electron chi connectivity index (χ3n) is 2.84. The number of nitrogens with zero attached hydrogens (tertiary/aromatic N) is 1. The van der Waals surface area contributed by atoms with E-state index in [1.807, 2.05) is 18.2 Å². The van der Waals surface area contributed by atoms with Crippen LogP contribution in [0.3, 0.4) is 0 Å². The van der Waals surface area contributed by atoms with Crippen LogP contribution in [0.4, 0.5) is 5.69 Å². The first kappa shape index (κ1) is 12.4. The van der Waals surface area contributed by atoms with Gasteiger partial charge in [-0.25, -0.2) is 0 Å². The number of fused-ring (bicyclic) bond motifs is 1. The van der Waals surface area contributed by atoms with Gasteiger partial charge in [-0.2, -0.15) is 0 Å². The summed E-state index contributed by atoms with van der Waals surface area (Å²) in [7, 11) is 1.33. The number of rotatable bonds is 3. The van der Waals surface area contributed by atoms with E-state index in [2.05, 4.69) is 4.74 Å². The fraction of sp³-hybridized carbons (Fsp3) is 0.385. The molecule has 0 aromatic heterocycles. The van der Waals surface area contributed by atoms with E-state index in [0.717, 1.165) is 0 Å². The summed E-state index contributed by atoms with van der Waals surface area (Å²) in [5, 5.41) is 0. The normalized spacial score (nSPS) is 18.0. The summed E-state index contributed by atoms with van der Waals surface area (Å²) in [5.41, 5.74) is 0.699. The average Bonchev–Trinajstić information content (AvgIpc) is 2.39. The fourth-order valence-corrected chi connectivity index (χ4v) is 1.89. The highest BCUT2D eigenvalue weighted by Gasteiger charge is 2.31. The zero-order valence-electron chi connectivity index (χ0n) is 10.4. The van der Waals surface area contributed by atoms with E-state index in [4.69, 9.17) is 4.74 Å². The van der Waals surface area contributed by atoms with Crippen LogP contribution in [-0.2, 0) is 14.3 Å². The molecule has 0 fully saturated rings. The molecule has 1 unspecified atom stereocenters. The van der Waals surface area contributed by atoms with Gasteiger partial charge < -0.3 is 14.4 Å². The van der Waals surface area contributed by atoms with Crippen molar-refractivity contribution >= 4 is 17.6 Å². The zero-order valence-corrected chi connectivity index (χ0v) is 10.4. The molecule has 0 aliphatic carbocycles. The number of benzene rings is 1. The van der Waals surface area contributed by atoms with Gasteiger partial charge in [-0.15, -0.1) is 0 Å². The Hall–Kier alpha value is -2.04. The first-order valence-corrected chi connectivity index (χ1v) is 5.77. The standard InChI is InChI=1S/C13H15NO4/c1-9-13(16)14(8-7-12(15)17-2)10-5-3-4-6-11(10)18-9/h3-6,9H,7-8H2,1-2H3. The molecule has 1 aromatic carbocycles. The predicted octanol–water partition coefficient (Wildman–Crippen LogP) is 1.36. The summed E-state index contributed by atoms with van der Waals surface area (Å²) >= 11 is 0. The van der Waals surface area contributed by atoms with Crippen molar-refractivity contribution in [3.05, 3.63) is 24.3 Å². The van der Waals surface area contributed by atoms with Crippen molar-refractivity contribution in [3.8, 4) is 5.75 Å². The molecule has 0 saturated carbocycles. The van der Waals surface area contributed by atoms with Crippen molar-refractivity contribution in [1.29, 1.82) is 0 Å². The van der Waals surface area contributed by atoms with E-state index >= 15 is 0 Å². The highest BCUT2D eigenvalue weighted by molar-refractivity contribution is 6.00. The Bertz CT molecular complexity index is 472. The van der Waals surface area contributed by atoms with Crippen molar-refractivity contribution in [3.63, 3.8) is 0 Å². The molecule has 1 aliphatic heterocycles. The van der Waals surface area contributed by atoms with Gasteiger partial charge in [-0.05, 0) is 19.1 Å². The molecule has 0 bridgehead atoms. The Morgan fingerprint density at radius 2 is 2.17 bits per heavy atom. The lowest BCUT2D eigenvalue weighted by Crippen LogP contribution is -2.45. The molecule has 2 rings (SSSR count). The molecule has 0 saturated heterocycles. The topological polar surface area (TPSA) is 55.8 Å². The molecule has 5 nitrogen and oxygen atoms in total. The van der Waals surface area contributed by atoms with Crippen molar-refractivity contribution < 1.29 is 19.1 Å². The van der Waals surface area contributed by atoms with Crippen LogP contribution in [0.1, 0.15) is 13.3 Å². The van der Waals surface area contributed by atoms with Gasteiger partial charge in [-0.3, -0.25) is 9.59 Å². The summed E-state index contributed by atoms with van der Waals surface area (Å²) in [6, 6.07) is 7.29. The first-order chi connectivity index (χ1) is 8.63. The fourth-order valence-electron chi connectivity index (χ4n) is 1.89. The second-order valence-corrected chi connectivity index (χ2v) is 4.04. The number of carbonyl (C=O) groups is 2. The number of hydrogen-bond acceptors (Lipinski definition) is 4. The predicted molar refractivity (Wildman–Crippen MR) is 65.5 cm³/mol. The number of ether oxygens (including phenoxy) is 2. The number of anilines is 1. The molecule has 1 aromatic rings. The number of para-hydroxylation sites is 2. The Labute approximate surface area is 105 Å². The van der Waals surface area contributed by atoms with Crippen LogP contribution in [-0.4, -0.2) is 31.6 Å². The van der Waals surface area contributed by atoms with E-state index in [1.165, 1.54) is 7.11 Å². The maximum atomic E-state index is 12.0. The van der Waals surface area contributed by atoms with Crippen molar-refractivity contribution in [2.24, 2.45) is 0 Å². The van der Waals surface area contributed by atoms with E-state index in [-0.39, 0.29) is 18.3 Å². The maximum Gasteiger partial charge on any atom is 0.307 e. The largest absolute Gasteiger partial charge is 0.479 e. The van der Waals surface area contributed by atoms with Crippen molar-refractivity contribution in [2.45, 2.75) is 19.4 Å². The number of methoxy groups -OCH3 is 1. The van der Waals surface area contributed by atoms with Gasteiger partial charge in [0.2, 0.25) is 0 Å². The second-order valence-electron chi connectivity index (χ2n) is 4.04. The molecule has 1 amide bonds. The molecule has 1 heterocycles. The lowest BCUT2D eigenvalue weighted by Gasteiger charge is -2.32. The minimum atomic E-state index is -0.530. The van der Waals surface area contributed by atoms with Crippen LogP contribution in [0.2, 0.25) is 0 Å². The summed E-state index contributed by atoms with van der Waals surface area (Å²) in [6.45, 7) is 2.00. The summed E-state index contributed by atoms with van der Waals surface area (Å²) in [5.74, 6) is 0.187. The monoisotopic (exact) mass is 249 g/mol. The second kappa shape index (κ2) is 5.08. The number of hydrogen-bond donors (Lipinski definition) is 0. The third-order valence-corrected chi connectivity index (χ3v) is 2.84. The SMILES string of the molecule is COC(=O)CCN1C(=O)C(C)Oc2ccccc21. The van der Waals surface area contributed by atoms with E-state index in [1.54, 1.807) is 17.9 Å². The quantitative estimate of drug-likeness (QED) is 0.759. The van der Waals surface area contributed by atoms with Gasteiger partial charge in [-0.1, -0.05) is 12.1 Å². The summed E-state index contributed by atoms with van der Waals surface area (Å²) in [4.78, 5) is 24.8. The van der Waals surface area contributed by atoms with Crippen LogP contribution in [0.25, 0.3) is 0 Å². The van der Waals surface area contributed by atoms with Gasteiger partial charge in [0.05, 0.1) is 19.2 Å². The van der Waals surface area contributed by atoms with Crippen molar-refractivity contribution in [2.75, 3.05) is 18.6 Å². The number of carbonyl (C=O) groups excluding carboxylic acids is 2. The Morgan fingerprint density at radius 3 is 2.89 bits per heavy atom. The minimum Gasteiger partial charge on any atom is -0.479 e. The molecule has 5 heteroatoms. The summed E-state index contributed by atoms with van der Waals surface area (Å²) in [6.07, 6.45) is -0.360. The highest BCUT2D eigenvalue weighted by atomic mass is 16.5. The first-order valence-electron chi connectivity index (χ1n) is 5.77. The van der Waals surface area contributed by atoms with Gasteiger partial charge in [0, 0.05) is 6.54 Å². The zero-order chi connectivity index (χ0) is 13.1. The Morgan fingerprint density at radius 1 is 1.44 bits per heavy atom. The Kier molecular flexibility index (Phi) is 3.50. The van der Waals surface area contributed by atoms with Gasteiger partial charge in [0.15, 0.2) is 6.10 Å². The molecule has 96 valence electrons. The van der Waals surface area contributed by atoms with Gasteiger partial charge >= 0.3 is 5.97 Å².